The third-order valence-corrected chi connectivity index (χ3v) is 6.78. The van der Waals surface area contributed by atoms with Gasteiger partial charge in [-0.05, 0) is 60.7 Å². The molecule has 0 radical (unpaired) electrons. The van der Waals surface area contributed by atoms with Crippen molar-refractivity contribution >= 4 is 40.6 Å². The number of carbonyl (C=O) groups excluding carboxylic acids is 1. The summed E-state index contributed by atoms with van der Waals surface area (Å²) < 4.78 is 11.9. The number of aromatic nitrogens is 1. The highest BCUT2D eigenvalue weighted by Crippen LogP contribution is 2.44. The predicted molar refractivity (Wildman–Crippen MR) is 151 cm³/mol. The van der Waals surface area contributed by atoms with E-state index in [1.165, 1.54) is 6.07 Å². The van der Waals surface area contributed by atoms with Crippen LogP contribution in [0.1, 0.15) is 47.2 Å². The molecule has 1 aliphatic rings. The molecular weight excluding hydrogens is 516 g/mol. The van der Waals surface area contributed by atoms with Crippen molar-refractivity contribution in [1.82, 2.24) is 10.3 Å². The van der Waals surface area contributed by atoms with Gasteiger partial charge in [-0.2, -0.15) is 0 Å². The molecule has 2 aromatic heterocycles. The number of carboxylic acid groups (broad SMARTS) is 1. The molecule has 9 nitrogen and oxygen atoms in total. The molecule has 3 heterocycles. The Kier molecular flexibility index (Phi) is 7.29. The number of methoxy groups -OCH3 is 1. The average molecular weight is 543 g/mol. The first kappa shape index (κ1) is 25.9. The normalized spacial score (nSPS) is 16.6. The molecule has 1 amide bonds. The molecule has 198 valence electrons. The number of thiocarbonyl (C=S) groups is 1. The van der Waals surface area contributed by atoms with Crippen LogP contribution in [0.2, 0.25) is 0 Å². The van der Waals surface area contributed by atoms with Crippen LogP contribution in [0.5, 0.6) is 5.75 Å². The van der Waals surface area contributed by atoms with Crippen molar-refractivity contribution in [2.45, 2.75) is 25.4 Å². The Morgan fingerprint density at radius 2 is 1.97 bits per heavy atom. The van der Waals surface area contributed by atoms with Crippen molar-refractivity contribution in [3.05, 3.63) is 96.0 Å². The van der Waals surface area contributed by atoms with E-state index in [-0.39, 0.29) is 17.5 Å². The lowest BCUT2D eigenvalue weighted by atomic mass is 10.0. The zero-order valence-electron chi connectivity index (χ0n) is 21.3. The Morgan fingerprint density at radius 3 is 2.69 bits per heavy atom. The fourth-order valence-electron chi connectivity index (χ4n) is 4.57. The van der Waals surface area contributed by atoms with Gasteiger partial charge in [0.25, 0.3) is 0 Å². The third-order valence-electron chi connectivity index (χ3n) is 6.47. The van der Waals surface area contributed by atoms with E-state index in [0.29, 0.717) is 40.1 Å². The van der Waals surface area contributed by atoms with Gasteiger partial charge in [0.05, 0.1) is 30.1 Å². The standard InChI is InChI=1S/C29H26N4O5S/c1-3-25(34)31-20-11-10-19(16-24(20)37-2)33-27(26(32-29(33)39)21-9-4-5-14-30-21)23-13-12-22(38-23)17-7-6-8-18(15-17)28(35)36/h4-16,26-27H,3H2,1-2H3,(H,31,34)(H,32,39)(H,35,36). The number of furan rings is 1. The fourth-order valence-corrected chi connectivity index (χ4v) is 4.91. The van der Waals surface area contributed by atoms with Gasteiger partial charge in [0, 0.05) is 29.9 Å². The first-order chi connectivity index (χ1) is 18.9. The van der Waals surface area contributed by atoms with Crippen LogP contribution >= 0.6 is 12.2 Å². The lowest BCUT2D eigenvalue weighted by molar-refractivity contribution is -0.115. The molecule has 2 unspecified atom stereocenters. The number of nitrogens with one attached hydrogen (secondary N) is 2. The summed E-state index contributed by atoms with van der Waals surface area (Å²) in [7, 11) is 1.54. The van der Waals surface area contributed by atoms with Crippen molar-refractivity contribution < 1.29 is 23.8 Å². The maximum absolute atomic E-state index is 12.0. The molecule has 1 fully saturated rings. The molecule has 1 saturated heterocycles. The second-order valence-corrected chi connectivity index (χ2v) is 9.26. The van der Waals surface area contributed by atoms with Crippen molar-refractivity contribution in [3.63, 3.8) is 0 Å². The van der Waals surface area contributed by atoms with Gasteiger partial charge in [0.15, 0.2) is 5.11 Å². The molecule has 39 heavy (non-hydrogen) atoms. The van der Waals surface area contributed by atoms with Gasteiger partial charge in [0.2, 0.25) is 5.91 Å². The monoisotopic (exact) mass is 542 g/mol. The van der Waals surface area contributed by atoms with Crippen LogP contribution in [0, 0.1) is 0 Å². The molecular formula is C29H26N4O5S. The number of carbonyl (C=O) groups is 2. The second kappa shape index (κ2) is 11.0. The van der Waals surface area contributed by atoms with E-state index in [9.17, 15) is 14.7 Å². The van der Waals surface area contributed by atoms with Gasteiger partial charge in [-0.1, -0.05) is 25.1 Å². The number of rotatable bonds is 8. The van der Waals surface area contributed by atoms with Gasteiger partial charge in [-0.15, -0.1) is 0 Å². The van der Waals surface area contributed by atoms with E-state index < -0.39 is 12.0 Å². The average Bonchev–Trinajstić information content (AvgIpc) is 3.58. The van der Waals surface area contributed by atoms with Crippen LogP contribution in [0.15, 0.2) is 83.4 Å². The third kappa shape index (κ3) is 5.19. The van der Waals surface area contributed by atoms with Crippen LogP contribution in [-0.4, -0.2) is 34.2 Å². The van der Waals surface area contributed by atoms with Gasteiger partial charge in [-0.3, -0.25) is 9.78 Å². The van der Waals surface area contributed by atoms with Crippen LogP contribution in [0.4, 0.5) is 11.4 Å². The number of ether oxygens (including phenoxy) is 1. The molecule has 3 N–H and O–H groups in total. The number of nitrogens with zero attached hydrogens (tertiary/aromatic N) is 2. The van der Waals surface area contributed by atoms with Crippen LogP contribution in [0.25, 0.3) is 11.3 Å². The summed E-state index contributed by atoms with van der Waals surface area (Å²) in [4.78, 5) is 30.0. The zero-order valence-corrected chi connectivity index (χ0v) is 22.1. The zero-order chi connectivity index (χ0) is 27.5. The minimum absolute atomic E-state index is 0.123. The molecule has 2 atom stereocenters. The highest BCUT2D eigenvalue weighted by Gasteiger charge is 2.42. The van der Waals surface area contributed by atoms with Crippen molar-refractivity contribution in [3.8, 4) is 17.1 Å². The van der Waals surface area contributed by atoms with E-state index in [1.807, 2.05) is 47.4 Å². The van der Waals surface area contributed by atoms with Crippen molar-refractivity contribution in [2.75, 3.05) is 17.3 Å². The van der Waals surface area contributed by atoms with Crippen LogP contribution < -0.4 is 20.3 Å². The maximum atomic E-state index is 12.0. The second-order valence-electron chi connectivity index (χ2n) is 8.87. The quantitative estimate of drug-likeness (QED) is 0.246. The first-order valence-electron chi connectivity index (χ1n) is 12.3. The van der Waals surface area contributed by atoms with E-state index in [2.05, 4.69) is 15.6 Å². The summed E-state index contributed by atoms with van der Waals surface area (Å²) in [5.74, 6) is 0.491. The van der Waals surface area contributed by atoms with E-state index >= 15 is 0 Å². The first-order valence-corrected chi connectivity index (χ1v) is 12.7. The number of amides is 1. The number of aromatic carboxylic acids is 1. The van der Waals surface area contributed by atoms with Crippen LogP contribution in [0.3, 0.4) is 0 Å². The molecule has 10 heteroatoms. The van der Waals surface area contributed by atoms with Gasteiger partial charge in [-0.25, -0.2) is 4.79 Å². The number of hydrogen-bond donors (Lipinski definition) is 3. The van der Waals surface area contributed by atoms with Gasteiger partial charge in [0.1, 0.15) is 23.3 Å². The van der Waals surface area contributed by atoms with Crippen molar-refractivity contribution in [1.29, 1.82) is 0 Å². The molecule has 4 aromatic rings. The summed E-state index contributed by atoms with van der Waals surface area (Å²) in [6.45, 7) is 1.78. The minimum atomic E-state index is -1.01. The maximum Gasteiger partial charge on any atom is 0.335 e. The summed E-state index contributed by atoms with van der Waals surface area (Å²) in [6.07, 6.45) is 2.06. The Bertz CT molecular complexity index is 1540. The van der Waals surface area contributed by atoms with Crippen molar-refractivity contribution in [2.24, 2.45) is 0 Å². The molecule has 1 aliphatic heterocycles. The molecule has 0 spiro atoms. The Balaban J connectivity index is 1.57. The topological polar surface area (TPSA) is 117 Å². The molecule has 0 aliphatic carbocycles. The number of carboxylic acids is 1. The predicted octanol–water partition coefficient (Wildman–Crippen LogP) is 5.57. The lowest BCUT2D eigenvalue weighted by Gasteiger charge is -2.27. The van der Waals surface area contributed by atoms with E-state index in [1.54, 1.807) is 44.5 Å². The smallest absolute Gasteiger partial charge is 0.335 e. The van der Waals surface area contributed by atoms with E-state index in [4.69, 9.17) is 21.4 Å². The highest BCUT2D eigenvalue weighted by atomic mass is 32.1. The number of hydrogen-bond acceptors (Lipinski definition) is 6. The number of pyridine rings is 1. The largest absolute Gasteiger partial charge is 0.494 e. The number of anilines is 2. The molecule has 2 aromatic carbocycles. The summed E-state index contributed by atoms with van der Waals surface area (Å²) in [5, 5.41) is 16.1. The highest BCUT2D eigenvalue weighted by molar-refractivity contribution is 7.80. The summed E-state index contributed by atoms with van der Waals surface area (Å²) >= 11 is 5.79. The lowest BCUT2D eigenvalue weighted by Crippen LogP contribution is -2.29. The molecule has 0 bridgehead atoms. The van der Waals surface area contributed by atoms with Gasteiger partial charge < -0.3 is 29.8 Å². The molecule has 0 saturated carbocycles. The number of benzene rings is 2. The van der Waals surface area contributed by atoms with Gasteiger partial charge >= 0.3 is 5.97 Å². The summed E-state index contributed by atoms with van der Waals surface area (Å²) in [5.41, 5.74) is 2.88. The molecule has 5 rings (SSSR count). The Morgan fingerprint density at radius 1 is 1.13 bits per heavy atom. The van der Waals surface area contributed by atoms with Crippen LogP contribution in [-0.2, 0) is 4.79 Å². The Labute approximate surface area is 230 Å². The summed E-state index contributed by atoms with van der Waals surface area (Å²) in [6, 6.07) is 20.6. The minimum Gasteiger partial charge on any atom is -0.494 e. The van der Waals surface area contributed by atoms with E-state index in [0.717, 1.165) is 11.4 Å². The Hall–Kier alpha value is -4.70. The fraction of sp³-hybridized carbons (Fsp3) is 0.172. The SMILES string of the molecule is CCC(=O)Nc1ccc(N2C(=S)NC(c3ccccn3)C2c2ccc(-c3cccc(C(=O)O)c3)o2)cc1OC.